The Morgan fingerprint density at radius 1 is 1.42 bits per heavy atom. The van der Waals surface area contributed by atoms with E-state index in [9.17, 15) is 9.59 Å². The van der Waals surface area contributed by atoms with Crippen LogP contribution >= 0.6 is 0 Å². The van der Waals surface area contributed by atoms with E-state index in [1.807, 2.05) is 18.2 Å². The topological polar surface area (TPSA) is 75.3 Å². The van der Waals surface area contributed by atoms with E-state index in [2.05, 4.69) is 9.97 Å². The van der Waals surface area contributed by atoms with Gasteiger partial charge in [-0.15, -0.1) is 0 Å². The molecule has 2 aromatic rings. The molecule has 3 rings (SSSR count). The van der Waals surface area contributed by atoms with Crippen molar-refractivity contribution >= 4 is 5.91 Å². The quantitative estimate of drug-likeness (QED) is 0.910. The fourth-order valence-corrected chi connectivity index (χ4v) is 2.93. The smallest absolute Gasteiger partial charge is 0.254 e. The van der Waals surface area contributed by atoms with Gasteiger partial charge in [0.25, 0.3) is 5.91 Å². The van der Waals surface area contributed by atoms with Crippen molar-refractivity contribution in [3.05, 3.63) is 63.8 Å². The molecule has 1 aliphatic rings. The number of amides is 1. The van der Waals surface area contributed by atoms with E-state index in [0.29, 0.717) is 24.3 Å². The van der Waals surface area contributed by atoms with Gasteiger partial charge in [0.05, 0.1) is 18.3 Å². The van der Waals surface area contributed by atoms with Crippen molar-refractivity contribution < 1.29 is 9.53 Å². The van der Waals surface area contributed by atoms with Crippen LogP contribution in [-0.2, 0) is 11.3 Å². The fraction of sp³-hybridized carbons (Fsp3) is 0.389. The molecular weight excluding hydrogens is 306 g/mol. The Labute approximate surface area is 140 Å². The lowest BCUT2D eigenvalue weighted by Gasteiger charge is -2.25. The number of aromatic nitrogens is 2. The second kappa shape index (κ2) is 7.40. The highest BCUT2D eigenvalue weighted by Crippen LogP contribution is 2.16. The molecule has 0 saturated carbocycles. The summed E-state index contributed by atoms with van der Waals surface area (Å²) in [4.78, 5) is 33.3. The van der Waals surface area contributed by atoms with Crippen LogP contribution in [0.25, 0.3) is 0 Å². The standard InChI is InChI=1S/C18H21N3O3/c1-13-9-14(10-17(22)20-13)18(23)21(12-16-6-4-8-24-16)11-15-5-2-3-7-19-15/h2-3,5,7,9-10,16H,4,6,8,11-12H2,1H3,(H,20,22)/t16-/m0/s1. The number of nitrogens with zero attached hydrogens (tertiary/aromatic N) is 2. The number of ether oxygens (including phenoxy) is 1. The van der Waals surface area contributed by atoms with E-state index in [4.69, 9.17) is 4.74 Å². The number of hydrogen-bond acceptors (Lipinski definition) is 4. The molecule has 1 N–H and O–H groups in total. The number of aromatic amines is 1. The summed E-state index contributed by atoms with van der Waals surface area (Å²) in [5, 5.41) is 0. The zero-order valence-corrected chi connectivity index (χ0v) is 13.7. The van der Waals surface area contributed by atoms with Gasteiger partial charge in [0.1, 0.15) is 0 Å². The minimum atomic E-state index is -0.270. The van der Waals surface area contributed by atoms with Gasteiger partial charge in [-0.3, -0.25) is 14.6 Å². The Morgan fingerprint density at radius 2 is 2.29 bits per heavy atom. The van der Waals surface area contributed by atoms with Crippen LogP contribution in [0.3, 0.4) is 0 Å². The van der Waals surface area contributed by atoms with Crippen LogP contribution in [0.15, 0.2) is 41.3 Å². The van der Waals surface area contributed by atoms with Crippen LogP contribution in [0.1, 0.15) is 34.6 Å². The van der Waals surface area contributed by atoms with Crippen LogP contribution in [0.5, 0.6) is 0 Å². The van der Waals surface area contributed by atoms with Gasteiger partial charge in [0.2, 0.25) is 5.56 Å². The fourth-order valence-electron chi connectivity index (χ4n) is 2.93. The summed E-state index contributed by atoms with van der Waals surface area (Å²) in [5.74, 6) is -0.176. The molecule has 6 heteroatoms. The lowest BCUT2D eigenvalue weighted by atomic mass is 10.1. The maximum atomic E-state index is 12.9. The molecule has 0 bridgehead atoms. The number of nitrogens with one attached hydrogen (secondary N) is 1. The zero-order chi connectivity index (χ0) is 16.9. The number of carbonyl (C=O) groups is 1. The van der Waals surface area contributed by atoms with Gasteiger partial charge in [-0.05, 0) is 38.0 Å². The Bertz CT molecular complexity index is 752. The second-order valence-corrected chi connectivity index (χ2v) is 6.06. The minimum absolute atomic E-state index is 0.0424. The van der Waals surface area contributed by atoms with Gasteiger partial charge in [-0.1, -0.05) is 6.07 Å². The molecular formula is C18H21N3O3. The lowest BCUT2D eigenvalue weighted by Crippen LogP contribution is -2.37. The second-order valence-electron chi connectivity index (χ2n) is 6.06. The summed E-state index contributed by atoms with van der Waals surface area (Å²) in [7, 11) is 0. The Balaban J connectivity index is 1.84. The van der Waals surface area contributed by atoms with Crippen molar-refractivity contribution in [1.82, 2.24) is 14.9 Å². The predicted molar refractivity (Wildman–Crippen MR) is 89.8 cm³/mol. The number of carbonyl (C=O) groups excluding carboxylic acids is 1. The molecule has 24 heavy (non-hydrogen) atoms. The van der Waals surface area contributed by atoms with Gasteiger partial charge < -0.3 is 14.6 Å². The monoisotopic (exact) mass is 327 g/mol. The van der Waals surface area contributed by atoms with E-state index in [-0.39, 0.29) is 17.6 Å². The maximum absolute atomic E-state index is 12.9. The first kappa shape index (κ1) is 16.4. The number of rotatable bonds is 5. The summed E-state index contributed by atoms with van der Waals surface area (Å²) in [6, 6.07) is 8.67. The highest BCUT2D eigenvalue weighted by Gasteiger charge is 2.24. The number of pyridine rings is 2. The number of hydrogen-bond donors (Lipinski definition) is 1. The van der Waals surface area contributed by atoms with Crippen LogP contribution in [0.2, 0.25) is 0 Å². The van der Waals surface area contributed by atoms with Gasteiger partial charge in [0, 0.05) is 36.7 Å². The van der Waals surface area contributed by atoms with E-state index >= 15 is 0 Å². The SMILES string of the molecule is Cc1cc(C(=O)N(Cc2ccccn2)C[C@@H]2CCCO2)cc(=O)[nH]1. The molecule has 6 nitrogen and oxygen atoms in total. The van der Waals surface area contributed by atoms with E-state index in [0.717, 1.165) is 25.1 Å². The van der Waals surface area contributed by atoms with Crippen molar-refractivity contribution in [1.29, 1.82) is 0 Å². The highest BCUT2D eigenvalue weighted by atomic mass is 16.5. The Morgan fingerprint density at radius 3 is 2.96 bits per heavy atom. The highest BCUT2D eigenvalue weighted by molar-refractivity contribution is 5.94. The molecule has 0 unspecified atom stereocenters. The Kier molecular flexibility index (Phi) is 5.05. The van der Waals surface area contributed by atoms with Gasteiger partial charge >= 0.3 is 0 Å². The van der Waals surface area contributed by atoms with Crippen molar-refractivity contribution in [2.24, 2.45) is 0 Å². The average molecular weight is 327 g/mol. The van der Waals surface area contributed by atoms with Gasteiger partial charge in [0.15, 0.2) is 0 Å². The largest absolute Gasteiger partial charge is 0.376 e. The normalized spacial score (nSPS) is 17.0. The first-order valence-electron chi connectivity index (χ1n) is 8.13. The van der Waals surface area contributed by atoms with Crippen molar-refractivity contribution in [3.8, 4) is 0 Å². The molecule has 1 fully saturated rings. The first-order chi connectivity index (χ1) is 11.6. The summed E-state index contributed by atoms with van der Waals surface area (Å²) in [6.07, 6.45) is 3.71. The summed E-state index contributed by atoms with van der Waals surface area (Å²) >= 11 is 0. The molecule has 126 valence electrons. The molecule has 1 saturated heterocycles. The Hall–Kier alpha value is -2.47. The van der Waals surface area contributed by atoms with E-state index < -0.39 is 0 Å². The third-order valence-corrected chi connectivity index (χ3v) is 4.04. The van der Waals surface area contributed by atoms with Crippen molar-refractivity contribution in [3.63, 3.8) is 0 Å². The van der Waals surface area contributed by atoms with E-state index in [1.54, 1.807) is 24.1 Å². The molecule has 2 aromatic heterocycles. The lowest BCUT2D eigenvalue weighted by molar-refractivity contribution is 0.0504. The van der Waals surface area contributed by atoms with Crippen LogP contribution < -0.4 is 5.56 Å². The summed E-state index contributed by atoms with van der Waals surface area (Å²) < 4.78 is 5.67. The van der Waals surface area contributed by atoms with Crippen LogP contribution in [0, 0.1) is 6.92 Å². The van der Waals surface area contributed by atoms with Gasteiger partial charge in [-0.25, -0.2) is 0 Å². The molecule has 0 radical (unpaired) electrons. The third-order valence-electron chi connectivity index (χ3n) is 4.04. The van der Waals surface area contributed by atoms with Crippen molar-refractivity contribution in [2.75, 3.05) is 13.2 Å². The summed E-state index contributed by atoms with van der Waals surface area (Å²) in [5.41, 5.74) is 1.60. The predicted octanol–water partition coefficient (Wildman–Crippen LogP) is 1.90. The molecule has 1 amide bonds. The molecule has 3 heterocycles. The van der Waals surface area contributed by atoms with Crippen LogP contribution in [-0.4, -0.2) is 40.0 Å². The summed E-state index contributed by atoms with van der Waals surface area (Å²) in [6.45, 7) is 3.40. The molecule has 0 spiro atoms. The molecule has 0 aromatic carbocycles. The first-order valence-corrected chi connectivity index (χ1v) is 8.13. The molecule has 1 atom stereocenters. The third kappa shape index (κ3) is 4.08. The van der Waals surface area contributed by atoms with E-state index in [1.165, 1.54) is 6.07 Å². The van der Waals surface area contributed by atoms with Crippen molar-refractivity contribution in [2.45, 2.75) is 32.4 Å². The number of H-pyrrole nitrogens is 1. The molecule has 0 aliphatic carbocycles. The molecule has 1 aliphatic heterocycles. The number of aryl methyl sites for hydroxylation is 1. The van der Waals surface area contributed by atoms with Gasteiger partial charge in [-0.2, -0.15) is 0 Å². The van der Waals surface area contributed by atoms with Crippen LogP contribution in [0.4, 0.5) is 0 Å². The maximum Gasteiger partial charge on any atom is 0.254 e. The minimum Gasteiger partial charge on any atom is -0.376 e. The zero-order valence-electron chi connectivity index (χ0n) is 13.7. The average Bonchev–Trinajstić information content (AvgIpc) is 3.07.